The molecule has 0 aliphatic rings. The summed E-state index contributed by atoms with van der Waals surface area (Å²) in [5, 5.41) is 3.60. The first-order chi connectivity index (χ1) is 8.65. The number of hydrogen-bond acceptors (Lipinski definition) is 1. The fourth-order valence-electron chi connectivity index (χ4n) is 2.35. The smallest absolute Gasteiger partial charge is 0.0116 e. The molecule has 0 amide bonds. The first-order valence-corrected chi connectivity index (χ1v) is 6.89. The summed E-state index contributed by atoms with van der Waals surface area (Å²) >= 11 is 0. The quantitative estimate of drug-likeness (QED) is 0.721. The lowest BCUT2D eigenvalue weighted by molar-refractivity contribution is 0.483. The van der Waals surface area contributed by atoms with E-state index in [4.69, 9.17) is 6.42 Å². The summed E-state index contributed by atoms with van der Waals surface area (Å²) in [5.74, 6) is 2.74. The van der Waals surface area contributed by atoms with Gasteiger partial charge in [0.25, 0.3) is 0 Å². The van der Waals surface area contributed by atoms with Crippen LogP contribution in [0.4, 0.5) is 0 Å². The molecule has 1 aromatic carbocycles. The third kappa shape index (κ3) is 5.38. The van der Waals surface area contributed by atoms with Crippen LogP contribution >= 0.6 is 0 Å². The SMILES string of the molecule is C#CCCC(Cc1cc(C)cc(C)c1)NCCC. The lowest BCUT2D eigenvalue weighted by Crippen LogP contribution is -2.31. The Hall–Kier alpha value is -1.26. The van der Waals surface area contributed by atoms with Gasteiger partial charge in [-0.15, -0.1) is 12.3 Å². The Morgan fingerprint density at radius 2 is 1.89 bits per heavy atom. The molecular formula is C17H25N. The van der Waals surface area contributed by atoms with Crippen LogP contribution in [0.5, 0.6) is 0 Å². The zero-order valence-corrected chi connectivity index (χ0v) is 11.9. The van der Waals surface area contributed by atoms with Gasteiger partial charge in [-0.25, -0.2) is 0 Å². The Kier molecular flexibility index (Phi) is 6.54. The Morgan fingerprint density at radius 3 is 2.44 bits per heavy atom. The van der Waals surface area contributed by atoms with Crippen LogP contribution in [-0.4, -0.2) is 12.6 Å². The maximum absolute atomic E-state index is 5.37. The summed E-state index contributed by atoms with van der Waals surface area (Å²) in [7, 11) is 0. The number of nitrogens with one attached hydrogen (secondary N) is 1. The molecule has 1 unspecified atom stereocenters. The number of hydrogen-bond donors (Lipinski definition) is 1. The lowest BCUT2D eigenvalue weighted by Gasteiger charge is -2.18. The average Bonchev–Trinajstić information content (AvgIpc) is 2.31. The van der Waals surface area contributed by atoms with E-state index >= 15 is 0 Å². The number of terminal acetylenes is 1. The van der Waals surface area contributed by atoms with Crippen molar-refractivity contribution in [3.8, 4) is 12.3 Å². The van der Waals surface area contributed by atoms with Crippen molar-refractivity contribution >= 4 is 0 Å². The van der Waals surface area contributed by atoms with E-state index in [1.807, 2.05) is 0 Å². The highest BCUT2D eigenvalue weighted by molar-refractivity contribution is 5.29. The average molecular weight is 243 g/mol. The van der Waals surface area contributed by atoms with Crippen LogP contribution in [-0.2, 0) is 6.42 Å². The molecule has 0 bridgehead atoms. The third-order valence-electron chi connectivity index (χ3n) is 3.08. The van der Waals surface area contributed by atoms with E-state index in [0.717, 1.165) is 25.8 Å². The van der Waals surface area contributed by atoms with Crippen molar-refractivity contribution in [1.29, 1.82) is 0 Å². The first kappa shape index (κ1) is 14.8. The molecule has 0 heterocycles. The van der Waals surface area contributed by atoms with Crippen molar-refractivity contribution in [2.45, 2.75) is 52.5 Å². The fourth-order valence-corrected chi connectivity index (χ4v) is 2.35. The van der Waals surface area contributed by atoms with Gasteiger partial charge in [-0.2, -0.15) is 0 Å². The monoisotopic (exact) mass is 243 g/mol. The maximum Gasteiger partial charge on any atom is 0.0116 e. The summed E-state index contributed by atoms with van der Waals surface area (Å²) in [6.07, 6.45) is 9.52. The van der Waals surface area contributed by atoms with Crippen molar-refractivity contribution in [2.75, 3.05) is 6.54 Å². The number of rotatable bonds is 7. The second kappa shape index (κ2) is 7.95. The second-order valence-electron chi connectivity index (χ2n) is 5.09. The van der Waals surface area contributed by atoms with Gasteiger partial charge in [-0.3, -0.25) is 0 Å². The molecule has 0 fully saturated rings. The van der Waals surface area contributed by atoms with Crippen LogP contribution < -0.4 is 5.32 Å². The molecule has 0 radical (unpaired) electrons. The molecule has 1 heteroatoms. The van der Waals surface area contributed by atoms with Gasteiger partial charge in [0.1, 0.15) is 0 Å². The second-order valence-corrected chi connectivity index (χ2v) is 5.09. The molecule has 0 saturated heterocycles. The molecule has 0 spiro atoms. The molecule has 0 aliphatic carbocycles. The van der Waals surface area contributed by atoms with Gasteiger partial charge in [-0.05, 0) is 45.2 Å². The third-order valence-corrected chi connectivity index (χ3v) is 3.08. The van der Waals surface area contributed by atoms with Gasteiger partial charge in [0.15, 0.2) is 0 Å². The van der Waals surface area contributed by atoms with Crippen LogP contribution in [0.3, 0.4) is 0 Å². The standard InChI is InChI=1S/C17H25N/c1-5-7-8-17(18-9-6-2)13-16-11-14(3)10-15(4)12-16/h1,10-12,17-18H,6-9,13H2,2-4H3. The zero-order chi connectivity index (χ0) is 13.4. The van der Waals surface area contributed by atoms with Crippen LogP contribution in [0.25, 0.3) is 0 Å². The van der Waals surface area contributed by atoms with E-state index in [-0.39, 0.29) is 0 Å². The minimum absolute atomic E-state index is 0.502. The molecular weight excluding hydrogens is 218 g/mol. The van der Waals surface area contributed by atoms with E-state index in [2.05, 4.69) is 50.2 Å². The highest BCUT2D eigenvalue weighted by atomic mass is 14.9. The highest BCUT2D eigenvalue weighted by Crippen LogP contribution is 2.13. The summed E-state index contributed by atoms with van der Waals surface area (Å²) < 4.78 is 0. The van der Waals surface area contributed by atoms with E-state index in [0.29, 0.717) is 6.04 Å². The largest absolute Gasteiger partial charge is 0.314 e. The van der Waals surface area contributed by atoms with Gasteiger partial charge >= 0.3 is 0 Å². The molecule has 98 valence electrons. The van der Waals surface area contributed by atoms with Crippen LogP contribution in [0, 0.1) is 26.2 Å². The van der Waals surface area contributed by atoms with Crippen molar-refractivity contribution < 1.29 is 0 Å². The predicted molar refractivity (Wildman–Crippen MR) is 79.8 cm³/mol. The van der Waals surface area contributed by atoms with Gasteiger partial charge in [0, 0.05) is 12.5 Å². The molecule has 1 atom stereocenters. The molecule has 1 nitrogen and oxygen atoms in total. The molecule has 18 heavy (non-hydrogen) atoms. The van der Waals surface area contributed by atoms with Crippen LogP contribution in [0.2, 0.25) is 0 Å². The zero-order valence-electron chi connectivity index (χ0n) is 11.9. The van der Waals surface area contributed by atoms with Gasteiger partial charge in [0.2, 0.25) is 0 Å². The summed E-state index contributed by atoms with van der Waals surface area (Å²) in [6, 6.07) is 7.29. The minimum atomic E-state index is 0.502. The van der Waals surface area contributed by atoms with Crippen LogP contribution in [0.15, 0.2) is 18.2 Å². The Labute approximate surface area is 112 Å². The molecule has 0 aliphatic heterocycles. The van der Waals surface area contributed by atoms with Gasteiger partial charge in [0.05, 0.1) is 0 Å². The number of aryl methyl sites for hydroxylation is 2. The van der Waals surface area contributed by atoms with E-state index in [9.17, 15) is 0 Å². The van der Waals surface area contributed by atoms with Crippen molar-refractivity contribution in [1.82, 2.24) is 5.32 Å². The molecule has 1 aromatic rings. The van der Waals surface area contributed by atoms with E-state index < -0.39 is 0 Å². The Morgan fingerprint density at radius 1 is 1.22 bits per heavy atom. The Bertz CT molecular complexity index is 380. The minimum Gasteiger partial charge on any atom is -0.314 e. The topological polar surface area (TPSA) is 12.0 Å². The molecule has 0 saturated carbocycles. The fraction of sp³-hybridized carbons (Fsp3) is 0.529. The number of benzene rings is 1. The van der Waals surface area contributed by atoms with E-state index in [1.54, 1.807) is 0 Å². The van der Waals surface area contributed by atoms with Gasteiger partial charge < -0.3 is 5.32 Å². The molecule has 1 rings (SSSR count). The van der Waals surface area contributed by atoms with Crippen molar-refractivity contribution in [3.63, 3.8) is 0 Å². The van der Waals surface area contributed by atoms with Gasteiger partial charge in [-0.1, -0.05) is 36.2 Å². The predicted octanol–water partition coefficient (Wildman–Crippen LogP) is 3.63. The van der Waals surface area contributed by atoms with E-state index in [1.165, 1.54) is 23.1 Å². The Balaban J connectivity index is 2.65. The van der Waals surface area contributed by atoms with Crippen molar-refractivity contribution in [3.05, 3.63) is 34.9 Å². The summed E-state index contributed by atoms with van der Waals surface area (Å²) in [5.41, 5.74) is 4.10. The summed E-state index contributed by atoms with van der Waals surface area (Å²) in [6.45, 7) is 7.58. The molecule has 1 N–H and O–H groups in total. The lowest BCUT2D eigenvalue weighted by atomic mass is 9.98. The maximum atomic E-state index is 5.37. The normalized spacial score (nSPS) is 12.1. The summed E-state index contributed by atoms with van der Waals surface area (Å²) in [4.78, 5) is 0. The first-order valence-electron chi connectivity index (χ1n) is 6.89. The highest BCUT2D eigenvalue weighted by Gasteiger charge is 2.08. The molecule has 0 aromatic heterocycles. The van der Waals surface area contributed by atoms with Crippen LogP contribution in [0.1, 0.15) is 42.9 Å². The van der Waals surface area contributed by atoms with Crippen molar-refractivity contribution in [2.24, 2.45) is 0 Å².